The number of rotatable bonds is 5. The summed E-state index contributed by atoms with van der Waals surface area (Å²) in [6.45, 7) is 6.68. The first-order valence-corrected chi connectivity index (χ1v) is 9.43. The number of nitrogens with zero attached hydrogens (tertiary/aromatic N) is 2. The number of benzene rings is 2. The van der Waals surface area contributed by atoms with Crippen LogP contribution in [0, 0.1) is 13.8 Å². The number of hydrogen-bond acceptors (Lipinski definition) is 4. The second kappa shape index (κ2) is 7.35. The Morgan fingerprint density at radius 2 is 1.89 bits per heavy atom. The molecule has 5 heteroatoms. The van der Waals surface area contributed by atoms with Gasteiger partial charge in [0.05, 0.1) is 17.9 Å². The van der Waals surface area contributed by atoms with E-state index in [9.17, 15) is 4.79 Å². The van der Waals surface area contributed by atoms with Gasteiger partial charge >= 0.3 is 0 Å². The third-order valence-corrected chi connectivity index (χ3v) is 4.90. The molecule has 142 valence electrons. The van der Waals surface area contributed by atoms with Gasteiger partial charge in [-0.1, -0.05) is 17.7 Å². The Morgan fingerprint density at radius 1 is 1.11 bits per heavy atom. The van der Waals surface area contributed by atoms with Crippen molar-refractivity contribution in [1.82, 2.24) is 4.98 Å². The molecule has 0 radical (unpaired) electrons. The third-order valence-electron chi connectivity index (χ3n) is 4.90. The van der Waals surface area contributed by atoms with Crippen LogP contribution in [-0.2, 0) is 0 Å². The summed E-state index contributed by atoms with van der Waals surface area (Å²) in [4.78, 5) is 19.4. The maximum absolute atomic E-state index is 13.2. The fourth-order valence-corrected chi connectivity index (χ4v) is 3.58. The Bertz CT molecular complexity index is 1010. The Kier molecular flexibility index (Phi) is 4.74. The van der Waals surface area contributed by atoms with Crippen LogP contribution < -0.4 is 15.0 Å². The normalized spacial score (nSPS) is 15.5. The van der Waals surface area contributed by atoms with E-state index in [0.29, 0.717) is 12.2 Å². The number of hydrogen-bond donors (Lipinski definition) is 1. The first-order valence-electron chi connectivity index (χ1n) is 9.43. The molecule has 2 heterocycles. The first kappa shape index (κ1) is 18.0. The summed E-state index contributed by atoms with van der Waals surface area (Å²) in [5.41, 5.74) is 5.47. The van der Waals surface area contributed by atoms with Gasteiger partial charge in [-0.25, -0.2) is 0 Å². The molecular formula is C23H23N3O2. The highest BCUT2D eigenvalue weighted by molar-refractivity contribution is 6.11. The number of nitrogens with one attached hydrogen (secondary N) is 1. The minimum absolute atomic E-state index is 0.0606. The van der Waals surface area contributed by atoms with Crippen LogP contribution >= 0.6 is 0 Å². The smallest absolute Gasteiger partial charge is 0.262 e. The predicted octanol–water partition coefficient (Wildman–Crippen LogP) is 4.87. The number of carbonyl (C=O) groups is 1. The monoisotopic (exact) mass is 373 g/mol. The quantitative estimate of drug-likeness (QED) is 0.693. The fraction of sp³-hybridized carbons (Fsp3) is 0.217. The van der Waals surface area contributed by atoms with Crippen LogP contribution in [-0.4, -0.2) is 17.5 Å². The lowest BCUT2D eigenvalue weighted by Gasteiger charge is -2.27. The highest BCUT2D eigenvalue weighted by atomic mass is 16.5. The molecule has 5 nitrogen and oxygen atoms in total. The number of fused-ring (bicyclic) bond motifs is 1. The van der Waals surface area contributed by atoms with Crippen molar-refractivity contribution in [3.63, 3.8) is 0 Å². The molecule has 0 aliphatic carbocycles. The zero-order chi connectivity index (χ0) is 19.7. The molecule has 1 amide bonds. The van der Waals surface area contributed by atoms with Crippen molar-refractivity contribution in [3.8, 4) is 5.75 Å². The van der Waals surface area contributed by atoms with Gasteiger partial charge in [-0.15, -0.1) is 0 Å². The van der Waals surface area contributed by atoms with Crippen molar-refractivity contribution in [1.29, 1.82) is 0 Å². The SMILES string of the molecule is CCOc1ccc(N2C(=O)c3cccnc3[C@H]2Nc2ccc(C)cc2C)cc1. The molecule has 0 spiro atoms. The van der Waals surface area contributed by atoms with E-state index in [1.165, 1.54) is 5.56 Å². The average Bonchev–Trinajstić information content (AvgIpc) is 2.97. The van der Waals surface area contributed by atoms with Gasteiger partial charge in [-0.3, -0.25) is 14.7 Å². The van der Waals surface area contributed by atoms with E-state index >= 15 is 0 Å². The lowest BCUT2D eigenvalue weighted by atomic mass is 10.1. The summed E-state index contributed by atoms with van der Waals surface area (Å²) in [5.74, 6) is 0.724. The molecule has 0 bridgehead atoms. The van der Waals surface area contributed by atoms with Gasteiger partial charge < -0.3 is 10.1 Å². The van der Waals surface area contributed by atoms with E-state index in [0.717, 1.165) is 28.4 Å². The maximum atomic E-state index is 13.2. The molecule has 1 atom stereocenters. The maximum Gasteiger partial charge on any atom is 0.262 e. The van der Waals surface area contributed by atoms with Crippen molar-refractivity contribution in [3.05, 3.63) is 83.2 Å². The minimum atomic E-state index is -0.372. The molecule has 28 heavy (non-hydrogen) atoms. The number of aromatic nitrogens is 1. The Labute approximate surface area is 165 Å². The first-order chi connectivity index (χ1) is 13.6. The number of pyridine rings is 1. The van der Waals surface area contributed by atoms with Gasteiger partial charge in [0.2, 0.25) is 0 Å². The summed E-state index contributed by atoms with van der Waals surface area (Å²) in [6.07, 6.45) is 1.35. The van der Waals surface area contributed by atoms with Crippen LogP contribution in [0.1, 0.15) is 40.3 Å². The Hall–Kier alpha value is -3.34. The largest absolute Gasteiger partial charge is 0.494 e. The van der Waals surface area contributed by atoms with Crippen molar-refractivity contribution in [2.75, 3.05) is 16.8 Å². The van der Waals surface area contributed by atoms with Gasteiger partial charge in [-0.2, -0.15) is 0 Å². The topological polar surface area (TPSA) is 54.5 Å². The van der Waals surface area contributed by atoms with Crippen molar-refractivity contribution < 1.29 is 9.53 Å². The highest BCUT2D eigenvalue weighted by Gasteiger charge is 2.39. The average molecular weight is 373 g/mol. The number of aryl methyl sites for hydroxylation is 2. The zero-order valence-corrected chi connectivity index (χ0v) is 16.3. The van der Waals surface area contributed by atoms with Gasteiger partial charge in [0.25, 0.3) is 5.91 Å². The molecule has 2 aromatic carbocycles. The van der Waals surface area contributed by atoms with Crippen LogP contribution in [0.4, 0.5) is 11.4 Å². The van der Waals surface area contributed by atoms with Crippen molar-refractivity contribution >= 4 is 17.3 Å². The van der Waals surface area contributed by atoms with Crippen LogP contribution in [0.5, 0.6) is 5.75 Å². The number of anilines is 2. The van der Waals surface area contributed by atoms with Crippen LogP contribution in [0.2, 0.25) is 0 Å². The molecule has 1 aliphatic rings. The van der Waals surface area contributed by atoms with Gasteiger partial charge in [0, 0.05) is 17.6 Å². The summed E-state index contributed by atoms with van der Waals surface area (Å²) in [6, 6.07) is 17.5. The summed E-state index contributed by atoms with van der Waals surface area (Å²) >= 11 is 0. The standard InChI is InChI=1S/C23H23N3O2/c1-4-28-18-10-8-17(9-11-18)26-22(21-19(23(26)27)6-5-13-24-21)25-20-12-7-15(2)14-16(20)3/h5-14,22,25H,4H2,1-3H3/t22-/m0/s1. The Morgan fingerprint density at radius 3 is 2.61 bits per heavy atom. The van der Waals surface area contributed by atoms with Crippen LogP contribution in [0.15, 0.2) is 60.8 Å². The van der Waals surface area contributed by atoms with Gasteiger partial charge in [0.1, 0.15) is 5.75 Å². The number of carbonyl (C=O) groups excluding carboxylic acids is 1. The lowest BCUT2D eigenvalue weighted by molar-refractivity contribution is 0.0993. The summed E-state index contributed by atoms with van der Waals surface area (Å²) in [7, 11) is 0. The lowest BCUT2D eigenvalue weighted by Crippen LogP contribution is -2.32. The van der Waals surface area contributed by atoms with E-state index in [1.807, 2.05) is 43.3 Å². The van der Waals surface area contributed by atoms with E-state index in [-0.39, 0.29) is 12.1 Å². The molecular weight excluding hydrogens is 350 g/mol. The predicted molar refractivity (Wildman–Crippen MR) is 111 cm³/mol. The van der Waals surface area contributed by atoms with Crippen molar-refractivity contribution in [2.24, 2.45) is 0 Å². The van der Waals surface area contributed by atoms with Crippen molar-refractivity contribution in [2.45, 2.75) is 26.9 Å². The van der Waals surface area contributed by atoms with E-state index in [4.69, 9.17) is 4.74 Å². The molecule has 4 rings (SSSR count). The molecule has 3 aromatic rings. The molecule has 1 N–H and O–H groups in total. The molecule has 0 saturated heterocycles. The number of amides is 1. The van der Waals surface area contributed by atoms with Crippen LogP contribution in [0.3, 0.4) is 0 Å². The molecule has 0 unspecified atom stereocenters. The number of ether oxygens (including phenoxy) is 1. The molecule has 1 aliphatic heterocycles. The second-order valence-electron chi connectivity index (χ2n) is 6.90. The fourth-order valence-electron chi connectivity index (χ4n) is 3.58. The summed E-state index contributed by atoms with van der Waals surface area (Å²) in [5, 5.41) is 3.52. The molecule has 1 aromatic heterocycles. The van der Waals surface area contributed by atoms with E-state index in [1.54, 1.807) is 17.2 Å². The highest BCUT2D eigenvalue weighted by Crippen LogP contribution is 2.38. The zero-order valence-electron chi connectivity index (χ0n) is 16.3. The van der Waals surface area contributed by atoms with Gasteiger partial charge in [0.15, 0.2) is 6.17 Å². The molecule has 0 saturated carbocycles. The summed E-state index contributed by atoms with van der Waals surface area (Å²) < 4.78 is 5.53. The second-order valence-corrected chi connectivity index (χ2v) is 6.90. The molecule has 0 fully saturated rings. The van der Waals surface area contributed by atoms with E-state index < -0.39 is 0 Å². The van der Waals surface area contributed by atoms with Gasteiger partial charge in [-0.05, 0) is 68.8 Å². The third kappa shape index (κ3) is 3.20. The van der Waals surface area contributed by atoms with Crippen LogP contribution in [0.25, 0.3) is 0 Å². The van der Waals surface area contributed by atoms with E-state index in [2.05, 4.69) is 36.3 Å². The minimum Gasteiger partial charge on any atom is -0.494 e. The Balaban J connectivity index is 1.74.